The first-order valence-corrected chi connectivity index (χ1v) is 10.9. The molecule has 3 aromatic carbocycles. The van der Waals surface area contributed by atoms with Crippen molar-refractivity contribution in [1.82, 2.24) is 0 Å². The van der Waals surface area contributed by atoms with Gasteiger partial charge in [0.2, 0.25) is 0 Å². The van der Waals surface area contributed by atoms with Crippen LogP contribution in [-0.4, -0.2) is 0 Å². The summed E-state index contributed by atoms with van der Waals surface area (Å²) in [7, 11) is 0. The Morgan fingerprint density at radius 3 is 2.20 bits per heavy atom. The van der Waals surface area contributed by atoms with Crippen LogP contribution in [0, 0.1) is 23.4 Å². The molecule has 30 heavy (non-hydrogen) atoms. The quantitative estimate of drug-likeness (QED) is 0.405. The topological polar surface area (TPSA) is 0 Å². The molecule has 0 nitrogen and oxygen atoms in total. The maximum absolute atomic E-state index is 14.9. The lowest BCUT2D eigenvalue weighted by molar-refractivity contribution is 0.319. The number of fused-ring (bicyclic) bond motifs is 1. The molecule has 1 aliphatic carbocycles. The summed E-state index contributed by atoms with van der Waals surface area (Å²) in [5.74, 6) is -1.49. The third kappa shape index (κ3) is 3.78. The monoisotopic (exact) mass is 408 g/mol. The first-order chi connectivity index (χ1) is 14.5. The lowest BCUT2D eigenvalue weighted by Crippen LogP contribution is -2.12. The number of allylic oxidation sites excluding steroid dienone is 1. The average Bonchev–Trinajstić information content (AvgIpc) is 2.78. The molecule has 0 spiro atoms. The van der Waals surface area contributed by atoms with E-state index < -0.39 is 17.5 Å². The van der Waals surface area contributed by atoms with Gasteiger partial charge in [0.05, 0.1) is 5.39 Å². The minimum absolute atomic E-state index is 0.166. The molecule has 0 radical (unpaired) electrons. The van der Waals surface area contributed by atoms with Crippen molar-refractivity contribution >= 4 is 16.8 Å². The molecular weight excluding hydrogens is 381 g/mol. The van der Waals surface area contributed by atoms with Gasteiger partial charge in [-0.2, -0.15) is 0 Å². The number of rotatable bonds is 4. The van der Waals surface area contributed by atoms with Gasteiger partial charge in [-0.15, -0.1) is 0 Å². The molecule has 1 aliphatic rings. The molecule has 0 heterocycles. The van der Waals surface area contributed by atoms with Crippen LogP contribution in [0.1, 0.15) is 63.0 Å². The van der Waals surface area contributed by atoms with Gasteiger partial charge in [-0.3, -0.25) is 0 Å². The second kappa shape index (κ2) is 8.67. The highest BCUT2D eigenvalue weighted by molar-refractivity contribution is 5.90. The summed E-state index contributed by atoms with van der Waals surface area (Å²) < 4.78 is 44.4. The molecule has 0 aliphatic heterocycles. The molecule has 0 saturated heterocycles. The first kappa shape index (κ1) is 20.7. The fourth-order valence-electron chi connectivity index (χ4n) is 4.75. The summed E-state index contributed by atoms with van der Waals surface area (Å²) in [5.41, 5.74) is 2.28. The first-order valence-electron chi connectivity index (χ1n) is 10.9. The van der Waals surface area contributed by atoms with E-state index in [1.54, 1.807) is 31.2 Å². The van der Waals surface area contributed by atoms with Crippen molar-refractivity contribution < 1.29 is 13.2 Å². The summed E-state index contributed by atoms with van der Waals surface area (Å²) in [6.45, 7) is 4.01. The zero-order valence-electron chi connectivity index (χ0n) is 17.5. The minimum Gasteiger partial charge on any atom is -0.206 e. The van der Waals surface area contributed by atoms with Crippen molar-refractivity contribution in [2.45, 2.75) is 51.9 Å². The number of hydrogen-bond acceptors (Lipinski definition) is 0. The van der Waals surface area contributed by atoms with Gasteiger partial charge in [0.15, 0.2) is 11.6 Å². The standard InChI is InChI=1S/C27H27F3/c1-3-5-21-14-15-22-16-23(26(29)27(30)24(22)25(21)28)20-12-10-19(11-13-20)18-8-6-17(4-2)7-9-18/h3,5,10-18H,4,6-9H2,1-2H3/b5-3+. The molecule has 0 unspecified atom stereocenters. The predicted molar refractivity (Wildman–Crippen MR) is 119 cm³/mol. The summed E-state index contributed by atoms with van der Waals surface area (Å²) >= 11 is 0. The van der Waals surface area contributed by atoms with E-state index in [-0.39, 0.29) is 16.5 Å². The Balaban J connectivity index is 1.68. The smallest absolute Gasteiger partial charge is 0.170 e. The van der Waals surface area contributed by atoms with Crippen LogP contribution in [0.4, 0.5) is 13.2 Å². The van der Waals surface area contributed by atoms with Gasteiger partial charge in [0, 0.05) is 11.1 Å². The highest BCUT2D eigenvalue weighted by Gasteiger charge is 2.22. The van der Waals surface area contributed by atoms with E-state index in [0.29, 0.717) is 16.9 Å². The fourth-order valence-corrected chi connectivity index (χ4v) is 4.75. The molecule has 0 N–H and O–H groups in total. The van der Waals surface area contributed by atoms with Crippen LogP contribution in [-0.2, 0) is 0 Å². The Morgan fingerprint density at radius 2 is 1.57 bits per heavy atom. The predicted octanol–water partition coefficient (Wildman–Crippen LogP) is 8.64. The second-order valence-corrected chi connectivity index (χ2v) is 8.37. The molecule has 3 heteroatoms. The van der Waals surface area contributed by atoms with E-state index in [2.05, 4.69) is 6.92 Å². The maximum atomic E-state index is 14.9. The molecule has 0 atom stereocenters. The lowest BCUT2D eigenvalue weighted by Gasteiger charge is -2.28. The van der Waals surface area contributed by atoms with Gasteiger partial charge in [-0.25, -0.2) is 13.2 Å². The molecule has 0 aromatic heterocycles. The minimum atomic E-state index is -1.13. The summed E-state index contributed by atoms with van der Waals surface area (Å²) in [6, 6.07) is 12.5. The van der Waals surface area contributed by atoms with E-state index in [0.717, 1.165) is 5.92 Å². The Bertz CT molecular complexity index is 1070. The molecule has 1 saturated carbocycles. The third-order valence-electron chi connectivity index (χ3n) is 6.62. The van der Waals surface area contributed by atoms with Crippen LogP contribution in [0.3, 0.4) is 0 Å². The average molecular weight is 409 g/mol. The van der Waals surface area contributed by atoms with E-state index >= 15 is 0 Å². The van der Waals surface area contributed by atoms with Gasteiger partial charge in [0.25, 0.3) is 0 Å². The van der Waals surface area contributed by atoms with Gasteiger partial charge in [0.1, 0.15) is 5.82 Å². The number of halogens is 3. The van der Waals surface area contributed by atoms with Crippen LogP contribution in [0.2, 0.25) is 0 Å². The summed E-state index contributed by atoms with van der Waals surface area (Å²) in [4.78, 5) is 0. The van der Waals surface area contributed by atoms with Crippen molar-refractivity contribution in [2.24, 2.45) is 5.92 Å². The van der Waals surface area contributed by atoms with Crippen LogP contribution in [0.15, 0.2) is 48.5 Å². The normalized spacial score (nSPS) is 19.6. The molecule has 1 fully saturated rings. The van der Waals surface area contributed by atoms with Crippen LogP contribution in [0.5, 0.6) is 0 Å². The summed E-state index contributed by atoms with van der Waals surface area (Å²) in [6.07, 6.45) is 9.35. The fraction of sp³-hybridized carbons (Fsp3) is 0.333. The van der Waals surface area contributed by atoms with Crippen molar-refractivity contribution in [3.63, 3.8) is 0 Å². The van der Waals surface area contributed by atoms with Gasteiger partial charge in [-0.05, 0) is 67.0 Å². The van der Waals surface area contributed by atoms with Crippen molar-refractivity contribution in [3.05, 3.63) is 77.1 Å². The highest BCUT2D eigenvalue weighted by Crippen LogP contribution is 2.38. The van der Waals surface area contributed by atoms with Crippen molar-refractivity contribution in [2.75, 3.05) is 0 Å². The van der Waals surface area contributed by atoms with Crippen molar-refractivity contribution in [1.29, 1.82) is 0 Å². The van der Waals surface area contributed by atoms with Crippen LogP contribution < -0.4 is 0 Å². The Hall–Kier alpha value is -2.55. The Morgan fingerprint density at radius 1 is 0.867 bits per heavy atom. The molecule has 3 aromatic rings. The lowest BCUT2D eigenvalue weighted by atomic mass is 9.77. The number of benzene rings is 3. The third-order valence-corrected chi connectivity index (χ3v) is 6.62. The molecule has 156 valence electrons. The number of hydrogen-bond donors (Lipinski definition) is 0. The van der Waals surface area contributed by atoms with E-state index in [9.17, 15) is 13.2 Å². The SMILES string of the molecule is C/C=C/c1ccc2cc(-c3ccc(C4CCC(CC)CC4)cc3)c(F)c(F)c2c1F. The molecule has 0 amide bonds. The highest BCUT2D eigenvalue weighted by atomic mass is 19.2. The van der Waals surface area contributed by atoms with Gasteiger partial charge >= 0.3 is 0 Å². The molecule has 0 bridgehead atoms. The largest absolute Gasteiger partial charge is 0.206 e. The zero-order valence-corrected chi connectivity index (χ0v) is 17.5. The Kier molecular flexibility index (Phi) is 5.99. The molecular formula is C27H27F3. The summed E-state index contributed by atoms with van der Waals surface area (Å²) in [5, 5.41) is 0.0628. The van der Waals surface area contributed by atoms with E-state index in [1.807, 2.05) is 24.3 Å². The second-order valence-electron chi connectivity index (χ2n) is 8.37. The van der Waals surface area contributed by atoms with E-state index in [1.165, 1.54) is 43.7 Å². The van der Waals surface area contributed by atoms with Gasteiger partial charge < -0.3 is 0 Å². The van der Waals surface area contributed by atoms with Crippen LogP contribution >= 0.6 is 0 Å². The Labute approximate surface area is 176 Å². The van der Waals surface area contributed by atoms with E-state index in [4.69, 9.17) is 0 Å². The van der Waals surface area contributed by atoms with Crippen LogP contribution in [0.25, 0.3) is 28.0 Å². The molecule has 4 rings (SSSR count). The zero-order chi connectivity index (χ0) is 21.3. The maximum Gasteiger partial charge on any atom is 0.170 e. The van der Waals surface area contributed by atoms with Crippen molar-refractivity contribution in [3.8, 4) is 11.1 Å². The van der Waals surface area contributed by atoms with Gasteiger partial charge in [-0.1, -0.05) is 61.9 Å².